The monoisotopic (exact) mass is 152 g/mol. The van der Waals surface area contributed by atoms with Gasteiger partial charge in [-0.2, -0.15) is 0 Å². The summed E-state index contributed by atoms with van der Waals surface area (Å²) >= 11 is 1.86. The van der Waals surface area contributed by atoms with E-state index in [0.29, 0.717) is 0 Å². The highest BCUT2D eigenvalue weighted by Gasteiger charge is 2.06. The van der Waals surface area contributed by atoms with Gasteiger partial charge in [-0.1, -0.05) is 0 Å². The highest BCUT2D eigenvalue weighted by atomic mass is 32.2. The summed E-state index contributed by atoms with van der Waals surface area (Å²) in [6.45, 7) is 1.07. The first-order valence-corrected chi connectivity index (χ1v) is 4.26. The van der Waals surface area contributed by atoms with E-state index in [0.717, 1.165) is 12.3 Å². The van der Waals surface area contributed by atoms with Crippen LogP contribution in [-0.4, -0.2) is 17.3 Å². The van der Waals surface area contributed by atoms with Gasteiger partial charge in [-0.05, 0) is 6.07 Å². The van der Waals surface area contributed by atoms with Gasteiger partial charge in [0.15, 0.2) is 0 Å². The molecule has 52 valence electrons. The molecule has 0 saturated heterocycles. The molecule has 0 aromatic carbocycles. The molecule has 1 N–H and O–H groups in total. The van der Waals surface area contributed by atoms with Crippen LogP contribution < -0.4 is 5.32 Å². The van der Waals surface area contributed by atoms with Gasteiger partial charge in [0.05, 0.1) is 5.69 Å². The lowest BCUT2D eigenvalue weighted by molar-refractivity contribution is 1.13. The quantitative estimate of drug-likeness (QED) is 0.611. The van der Waals surface area contributed by atoms with Crippen molar-refractivity contribution in [2.45, 2.75) is 4.90 Å². The zero-order valence-corrected chi connectivity index (χ0v) is 6.32. The Kier molecular flexibility index (Phi) is 1.51. The summed E-state index contributed by atoms with van der Waals surface area (Å²) < 4.78 is 0. The second-order valence-electron chi connectivity index (χ2n) is 2.15. The van der Waals surface area contributed by atoms with Gasteiger partial charge < -0.3 is 5.32 Å². The van der Waals surface area contributed by atoms with E-state index in [-0.39, 0.29) is 0 Å². The summed E-state index contributed by atoms with van der Waals surface area (Å²) in [4.78, 5) is 5.31. The topological polar surface area (TPSA) is 24.9 Å². The highest BCUT2D eigenvalue weighted by molar-refractivity contribution is 7.99. The van der Waals surface area contributed by atoms with E-state index in [4.69, 9.17) is 0 Å². The average Bonchev–Trinajstić information content (AvgIpc) is 2.05. The Morgan fingerprint density at radius 2 is 2.60 bits per heavy atom. The van der Waals surface area contributed by atoms with Gasteiger partial charge in [0.25, 0.3) is 0 Å². The number of pyridine rings is 1. The van der Waals surface area contributed by atoms with Crippen molar-refractivity contribution in [2.75, 3.05) is 17.6 Å². The summed E-state index contributed by atoms with van der Waals surface area (Å²) in [6, 6.07) is 2.02. The van der Waals surface area contributed by atoms with Gasteiger partial charge in [-0.15, -0.1) is 11.8 Å². The zero-order valence-electron chi connectivity index (χ0n) is 5.50. The third-order valence-corrected chi connectivity index (χ3v) is 2.50. The predicted octanol–water partition coefficient (Wildman–Crippen LogP) is 1.60. The van der Waals surface area contributed by atoms with Crippen molar-refractivity contribution < 1.29 is 0 Å². The fourth-order valence-corrected chi connectivity index (χ4v) is 1.84. The summed E-state index contributed by atoms with van der Waals surface area (Å²) in [7, 11) is 0. The largest absolute Gasteiger partial charge is 0.383 e. The summed E-state index contributed by atoms with van der Waals surface area (Å²) in [5, 5.41) is 3.30. The predicted molar refractivity (Wildman–Crippen MR) is 43.5 cm³/mol. The van der Waals surface area contributed by atoms with Crippen LogP contribution in [0.15, 0.2) is 23.4 Å². The molecule has 0 atom stereocenters. The molecule has 0 aliphatic carbocycles. The average molecular weight is 152 g/mol. The SMILES string of the molecule is c1cc2c(cn1)SCCN2. The van der Waals surface area contributed by atoms with Crippen LogP contribution >= 0.6 is 11.8 Å². The van der Waals surface area contributed by atoms with Crippen LogP contribution in [0.1, 0.15) is 0 Å². The minimum absolute atomic E-state index is 1.07. The number of rotatable bonds is 0. The molecular formula is C7H8N2S. The van der Waals surface area contributed by atoms with Crippen LogP contribution in [0.2, 0.25) is 0 Å². The second kappa shape index (κ2) is 2.50. The van der Waals surface area contributed by atoms with Crippen LogP contribution in [0.3, 0.4) is 0 Å². The molecule has 1 aliphatic rings. The Morgan fingerprint density at radius 3 is 3.50 bits per heavy atom. The van der Waals surface area contributed by atoms with Gasteiger partial charge in [-0.25, -0.2) is 0 Å². The highest BCUT2D eigenvalue weighted by Crippen LogP contribution is 2.28. The van der Waals surface area contributed by atoms with E-state index in [9.17, 15) is 0 Å². The standard InChI is InChI=1S/C7H8N2S/c1-2-8-5-7-6(1)9-3-4-10-7/h1-2,5,9H,3-4H2. The van der Waals surface area contributed by atoms with Crippen molar-refractivity contribution in [1.82, 2.24) is 4.98 Å². The smallest absolute Gasteiger partial charge is 0.0509 e. The molecule has 0 unspecified atom stereocenters. The molecule has 0 spiro atoms. The van der Waals surface area contributed by atoms with Gasteiger partial charge >= 0.3 is 0 Å². The molecule has 0 bridgehead atoms. The maximum absolute atomic E-state index is 4.04. The van der Waals surface area contributed by atoms with E-state index >= 15 is 0 Å². The van der Waals surface area contributed by atoms with Crippen molar-refractivity contribution in [2.24, 2.45) is 0 Å². The lowest BCUT2D eigenvalue weighted by Gasteiger charge is -2.15. The third kappa shape index (κ3) is 0.968. The maximum atomic E-state index is 4.04. The van der Waals surface area contributed by atoms with Crippen molar-refractivity contribution in [3.05, 3.63) is 18.5 Å². The number of nitrogens with zero attached hydrogens (tertiary/aromatic N) is 1. The molecule has 2 nitrogen and oxygen atoms in total. The van der Waals surface area contributed by atoms with Crippen LogP contribution in [0, 0.1) is 0 Å². The summed E-state index contributed by atoms with van der Waals surface area (Å²) in [5.74, 6) is 1.15. The number of nitrogens with one attached hydrogen (secondary N) is 1. The van der Waals surface area contributed by atoms with E-state index in [1.807, 2.05) is 30.2 Å². The first-order chi connectivity index (χ1) is 4.97. The minimum atomic E-state index is 1.07. The molecule has 1 aromatic heterocycles. The van der Waals surface area contributed by atoms with E-state index in [1.165, 1.54) is 10.6 Å². The van der Waals surface area contributed by atoms with Crippen LogP contribution in [0.5, 0.6) is 0 Å². The van der Waals surface area contributed by atoms with Crippen LogP contribution in [0.4, 0.5) is 5.69 Å². The van der Waals surface area contributed by atoms with E-state index in [1.54, 1.807) is 0 Å². The molecule has 0 radical (unpaired) electrons. The maximum Gasteiger partial charge on any atom is 0.0509 e. The molecule has 2 rings (SSSR count). The molecule has 2 heterocycles. The number of anilines is 1. The van der Waals surface area contributed by atoms with E-state index in [2.05, 4.69) is 10.3 Å². The zero-order chi connectivity index (χ0) is 6.81. The Morgan fingerprint density at radius 1 is 1.60 bits per heavy atom. The third-order valence-electron chi connectivity index (χ3n) is 1.46. The van der Waals surface area contributed by atoms with Crippen molar-refractivity contribution in [3.63, 3.8) is 0 Å². The molecule has 1 aromatic rings. The normalized spacial score (nSPS) is 15.6. The lowest BCUT2D eigenvalue weighted by Crippen LogP contribution is -2.09. The number of fused-ring (bicyclic) bond motifs is 1. The first kappa shape index (κ1) is 6.04. The van der Waals surface area contributed by atoms with Crippen LogP contribution in [0.25, 0.3) is 0 Å². The fourth-order valence-electron chi connectivity index (χ4n) is 0.988. The van der Waals surface area contributed by atoms with Crippen molar-refractivity contribution in [3.8, 4) is 0 Å². The molecule has 0 saturated carbocycles. The molecular weight excluding hydrogens is 144 g/mol. The van der Waals surface area contributed by atoms with E-state index < -0.39 is 0 Å². The van der Waals surface area contributed by atoms with Gasteiger partial charge in [-0.3, -0.25) is 4.98 Å². The van der Waals surface area contributed by atoms with Gasteiger partial charge in [0.2, 0.25) is 0 Å². The Labute approximate surface area is 64.0 Å². The molecule has 0 fully saturated rings. The summed E-state index contributed by atoms with van der Waals surface area (Å²) in [6.07, 6.45) is 3.73. The number of aromatic nitrogens is 1. The molecule has 1 aliphatic heterocycles. The van der Waals surface area contributed by atoms with Crippen molar-refractivity contribution in [1.29, 1.82) is 0 Å². The number of thioether (sulfide) groups is 1. The van der Waals surface area contributed by atoms with Crippen LogP contribution in [-0.2, 0) is 0 Å². The Hall–Kier alpha value is -0.700. The van der Waals surface area contributed by atoms with Crippen molar-refractivity contribution >= 4 is 17.4 Å². The Balaban J connectivity index is 2.41. The lowest BCUT2D eigenvalue weighted by atomic mass is 10.4. The fraction of sp³-hybridized carbons (Fsp3) is 0.286. The molecule has 10 heavy (non-hydrogen) atoms. The molecule has 0 amide bonds. The second-order valence-corrected chi connectivity index (χ2v) is 3.28. The number of hydrogen-bond acceptors (Lipinski definition) is 3. The molecule has 3 heteroatoms. The number of hydrogen-bond donors (Lipinski definition) is 1. The minimum Gasteiger partial charge on any atom is -0.383 e. The first-order valence-electron chi connectivity index (χ1n) is 3.27. The Bertz CT molecular complexity index is 212. The van der Waals surface area contributed by atoms with Gasteiger partial charge in [0.1, 0.15) is 0 Å². The van der Waals surface area contributed by atoms with Gasteiger partial charge in [0, 0.05) is 29.6 Å². The summed E-state index contributed by atoms with van der Waals surface area (Å²) in [5.41, 5.74) is 1.23.